The largest absolute Gasteiger partial charge is 0.508 e. The molecule has 0 spiro atoms. The zero-order valence-electron chi connectivity index (χ0n) is 5.85. The van der Waals surface area contributed by atoms with E-state index in [0.29, 0.717) is 5.75 Å². The van der Waals surface area contributed by atoms with Gasteiger partial charge in [-0.25, -0.2) is 0 Å². The van der Waals surface area contributed by atoms with E-state index in [1.807, 2.05) is 12.1 Å². The number of halogens is 2. The van der Waals surface area contributed by atoms with Crippen molar-refractivity contribution in [1.29, 1.82) is 0 Å². The standard InChI is InChI=1S/C8H8Br2O/c9-4-3-6-5-7(10)1-2-8(6)11/h1-2,5,11H,3-4H2. The van der Waals surface area contributed by atoms with Crippen molar-refractivity contribution < 1.29 is 5.11 Å². The molecule has 1 aromatic rings. The van der Waals surface area contributed by atoms with Gasteiger partial charge in [0, 0.05) is 9.80 Å². The lowest BCUT2D eigenvalue weighted by molar-refractivity contribution is 0.469. The Labute approximate surface area is 82.7 Å². The molecule has 1 aromatic carbocycles. The quantitative estimate of drug-likeness (QED) is 0.825. The first-order valence-electron chi connectivity index (χ1n) is 3.27. The maximum absolute atomic E-state index is 9.32. The van der Waals surface area contributed by atoms with Gasteiger partial charge in [0.1, 0.15) is 5.75 Å². The minimum Gasteiger partial charge on any atom is -0.508 e. The molecule has 0 amide bonds. The van der Waals surface area contributed by atoms with Crippen LogP contribution in [-0.4, -0.2) is 10.4 Å². The molecule has 0 aliphatic carbocycles. The normalized spacial score (nSPS) is 10.0. The summed E-state index contributed by atoms with van der Waals surface area (Å²) in [6, 6.07) is 5.45. The van der Waals surface area contributed by atoms with Crippen molar-refractivity contribution in [2.75, 3.05) is 5.33 Å². The van der Waals surface area contributed by atoms with Gasteiger partial charge in [0.2, 0.25) is 0 Å². The maximum atomic E-state index is 9.32. The highest BCUT2D eigenvalue weighted by Crippen LogP contribution is 2.22. The van der Waals surface area contributed by atoms with Crippen LogP contribution in [0.3, 0.4) is 0 Å². The first kappa shape index (κ1) is 9.07. The third kappa shape index (κ3) is 2.49. The number of hydrogen-bond donors (Lipinski definition) is 1. The first-order chi connectivity index (χ1) is 5.24. The zero-order chi connectivity index (χ0) is 8.27. The Morgan fingerprint density at radius 2 is 2.09 bits per heavy atom. The van der Waals surface area contributed by atoms with Gasteiger partial charge in [-0.2, -0.15) is 0 Å². The molecule has 60 valence electrons. The van der Waals surface area contributed by atoms with E-state index in [-0.39, 0.29) is 0 Å². The summed E-state index contributed by atoms with van der Waals surface area (Å²) in [6.45, 7) is 0. The molecule has 0 aliphatic rings. The van der Waals surface area contributed by atoms with Gasteiger partial charge >= 0.3 is 0 Å². The minimum atomic E-state index is 0.368. The van der Waals surface area contributed by atoms with Gasteiger partial charge in [-0.1, -0.05) is 31.9 Å². The molecule has 0 aromatic heterocycles. The van der Waals surface area contributed by atoms with Crippen LogP contribution in [-0.2, 0) is 6.42 Å². The van der Waals surface area contributed by atoms with Gasteiger partial charge in [-0.3, -0.25) is 0 Å². The molecule has 1 rings (SSSR count). The SMILES string of the molecule is Oc1ccc(Br)cc1CCBr. The number of aromatic hydroxyl groups is 1. The fraction of sp³-hybridized carbons (Fsp3) is 0.250. The average Bonchev–Trinajstić information content (AvgIpc) is 1.98. The Balaban J connectivity index is 2.93. The van der Waals surface area contributed by atoms with Crippen LogP contribution < -0.4 is 0 Å². The lowest BCUT2D eigenvalue weighted by Crippen LogP contribution is -1.85. The monoisotopic (exact) mass is 278 g/mol. The van der Waals surface area contributed by atoms with Gasteiger partial charge in [-0.15, -0.1) is 0 Å². The number of benzene rings is 1. The van der Waals surface area contributed by atoms with Crippen LogP contribution in [0.4, 0.5) is 0 Å². The fourth-order valence-corrected chi connectivity index (χ4v) is 1.69. The maximum Gasteiger partial charge on any atom is 0.118 e. The van der Waals surface area contributed by atoms with Crippen molar-refractivity contribution in [3.8, 4) is 5.75 Å². The first-order valence-corrected chi connectivity index (χ1v) is 5.19. The summed E-state index contributed by atoms with van der Waals surface area (Å²) < 4.78 is 1.01. The molecule has 1 N–H and O–H groups in total. The molecule has 11 heavy (non-hydrogen) atoms. The van der Waals surface area contributed by atoms with Crippen LogP contribution in [0.15, 0.2) is 22.7 Å². The lowest BCUT2D eigenvalue weighted by Gasteiger charge is -2.01. The lowest BCUT2D eigenvalue weighted by atomic mass is 10.1. The molecule has 1 nitrogen and oxygen atoms in total. The van der Waals surface area contributed by atoms with Crippen LogP contribution in [0.2, 0.25) is 0 Å². The fourth-order valence-electron chi connectivity index (χ4n) is 0.856. The van der Waals surface area contributed by atoms with Crippen LogP contribution in [0.25, 0.3) is 0 Å². The molecule has 0 aliphatic heterocycles. The van der Waals surface area contributed by atoms with Crippen molar-refractivity contribution in [2.24, 2.45) is 0 Å². The number of aryl methyl sites for hydroxylation is 1. The smallest absolute Gasteiger partial charge is 0.118 e. The number of hydrogen-bond acceptors (Lipinski definition) is 1. The average molecular weight is 280 g/mol. The van der Waals surface area contributed by atoms with Gasteiger partial charge in [-0.05, 0) is 30.2 Å². The van der Waals surface area contributed by atoms with E-state index in [1.165, 1.54) is 0 Å². The van der Waals surface area contributed by atoms with Crippen molar-refractivity contribution in [2.45, 2.75) is 6.42 Å². The van der Waals surface area contributed by atoms with E-state index >= 15 is 0 Å². The van der Waals surface area contributed by atoms with E-state index in [2.05, 4.69) is 31.9 Å². The molecule has 0 saturated carbocycles. The molecule has 0 bridgehead atoms. The number of phenols is 1. The van der Waals surface area contributed by atoms with E-state index in [1.54, 1.807) is 6.07 Å². The van der Waals surface area contributed by atoms with Crippen molar-refractivity contribution >= 4 is 31.9 Å². The summed E-state index contributed by atoms with van der Waals surface area (Å²) in [7, 11) is 0. The van der Waals surface area contributed by atoms with E-state index in [0.717, 1.165) is 21.8 Å². The molecule has 3 heteroatoms. The summed E-state index contributed by atoms with van der Waals surface area (Å²) in [5, 5.41) is 10.2. The Morgan fingerprint density at radius 3 is 2.73 bits per heavy atom. The van der Waals surface area contributed by atoms with Crippen LogP contribution in [0.5, 0.6) is 5.75 Å². The summed E-state index contributed by atoms with van der Waals surface area (Å²) in [5.74, 6) is 0.368. The van der Waals surface area contributed by atoms with Crippen LogP contribution in [0, 0.1) is 0 Å². The second-order valence-corrected chi connectivity index (χ2v) is 3.92. The number of alkyl halides is 1. The molecule has 0 radical (unpaired) electrons. The van der Waals surface area contributed by atoms with Crippen molar-refractivity contribution in [1.82, 2.24) is 0 Å². The summed E-state index contributed by atoms with van der Waals surface area (Å²) in [5.41, 5.74) is 0.969. The molecule has 0 fully saturated rings. The second kappa shape index (κ2) is 4.12. The highest BCUT2D eigenvalue weighted by molar-refractivity contribution is 9.10. The summed E-state index contributed by atoms with van der Waals surface area (Å²) in [4.78, 5) is 0. The molecule has 0 unspecified atom stereocenters. The Hall–Kier alpha value is -0.0200. The second-order valence-electron chi connectivity index (χ2n) is 2.21. The molecular formula is C8H8Br2O. The van der Waals surface area contributed by atoms with E-state index < -0.39 is 0 Å². The topological polar surface area (TPSA) is 20.2 Å². The van der Waals surface area contributed by atoms with E-state index in [4.69, 9.17) is 0 Å². The molecular weight excluding hydrogens is 272 g/mol. The minimum absolute atomic E-state index is 0.368. The van der Waals surface area contributed by atoms with Crippen LogP contribution in [0.1, 0.15) is 5.56 Å². The predicted molar refractivity (Wildman–Crippen MR) is 53.3 cm³/mol. The third-order valence-electron chi connectivity index (χ3n) is 1.41. The van der Waals surface area contributed by atoms with Gasteiger partial charge in [0.25, 0.3) is 0 Å². The molecule has 0 atom stereocenters. The zero-order valence-corrected chi connectivity index (χ0v) is 9.02. The third-order valence-corrected chi connectivity index (χ3v) is 2.30. The molecule has 0 heterocycles. The Morgan fingerprint density at radius 1 is 1.36 bits per heavy atom. The highest BCUT2D eigenvalue weighted by atomic mass is 79.9. The van der Waals surface area contributed by atoms with Crippen molar-refractivity contribution in [3.05, 3.63) is 28.2 Å². The number of rotatable bonds is 2. The van der Waals surface area contributed by atoms with Gasteiger partial charge in [0.15, 0.2) is 0 Å². The van der Waals surface area contributed by atoms with Gasteiger partial charge in [0.05, 0.1) is 0 Å². The summed E-state index contributed by atoms with van der Waals surface area (Å²) in [6.07, 6.45) is 0.852. The molecule has 0 saturated heterocycles. The number of phenolic OH excluding ortho intramolecular Hbond substituents is 1. The Bertz CT molecular complexity index is 248. The summed E-state index contributed by atoms with van der Waals surface area (Å²) >= 11 is 6.66. The van der Waals surface area contributed by atoms with Crippen molar-refractivity contribution in [3.63, 3.8) is 0 Å². The van der Waals surface area contributed by atoms with Gasteiger partial charge < -0.3 is 5.11 Å². The highest BCUT2D eigenvalue weighted by Gasteiger charge is 1.99. The Kier molecular flexibility index (Phi) is 3.40. The van der Waals surface area contributed by atoms with Crippen LogP contribution >= 0.6 is 31.9 Å². The predicted octanol–water partition coefficient (Wildman–Crippen LogP) is 3.09. The van der Waals surface area contributed by atoms with E-state index in [9.17, 15) is 5.11 Å².